The fraction of sp³-hybridized carbons (Fsp3) is 1.00. The van der Waals surface area contributed by atoms with Crippen molar-refractivity contribution in [1.29, 1.82) is 0 Å². The Morgan fingerprint density at radius 3 is 1.00 bits per heavy atom. The Labute approximate surface area is 178 Å². The maximum atomic E-state index is 9.40. The van der Waals surface area contributed by atoms with E-state index in [1.807, 2.05) is 27.7 Å². The topological polar surface area (TPSA) is 77.4 Å². The minimum Gasteiger partial charge on any atom is -0.396 e. The Morgan fingerprint density at radius 1 is 0.536 bits per heavy atom. The van der Waals surface area contributed by atoms with Crippen LogP contribution in [0.15, 0.2) is 0 Å². The van der Waals surface area contributed by atoms with E-state index in [-0.39, 0.29) is 68.6 Å². The van der Waals surface area contributed by atoms with Gasteiger partial charge in [0.2, 0.25) is 0 Å². The normalized spacial score (nSPS) is 13.5. The van der Waals surface area contributed by atoms with Crippen molar-refractivity contribution in [2.24, 2.45) is 10.8 Å². The Kier molecular flexibility index (Phi) is 44.1. The predicted molar refractivity (Wildman–Crippen MR) is 125 cm³/mol. The van der Waals surface area contributed by atoms with Gasteiger partial charge in [-0.1, -0.05) is 58.4 Å². The molecular formula is C22H58O6. The van der Waals surface area contributed by atoms with Crippen molar-refractivity contribution in [3.63, 3.8) is 0 Å². The van der Waals surface area contributed by atoms with E-state index in [1.165, 1.54) is 0 Å². The van der Waals surface area contributed by atoms with Gasteiger partial charge < -0.3 is 29.2 Å². The Bertz CT molecular complexity index is 239. The molecule has 2 N–H and O–H groups in total. The standard InChI is InChI=1S/C16H34O6.6CH4/c1-5-19-11-15(3,9-17)13-21-7-8-22-14-16(4,10-18)12-20-6-2;;;;;;/h17-18H,5-14H2,1-4H3;6*1H4. The largest absolute Gasteiger partial charge is 0.396 e. The highest BCUT2D eigenvalue weighted by Crippen LogP contribution is 2.17. The molecule has 0 aromatic rings. The molecule has 6 nitrogen and oxygen atoms in total. The SMILES string of the molecule is C.C.C.C.C.C.CCOCC(C)(CO)COCCOCC(C)(CO)COCC. The van der Waals surface area contributed by atoms with E-state index in [9.17, 15) is 10.2 Å². The Morgan fingerprint density at radius 2 is 0.786 bits per heavy atom. The third kappa shape index (κ3) is 22.1. The fourth-order valence-corrected chi connectivity index (χ4v) is 1.72. The zero-order valence-electron chi connectivity index (χ0n) is 14.6. The van der Waals surface area contributed by atoms with E-state index in [4.69, 9.17) is 18.9 Å². The van der Waals surface area contributed by atoms with Crippen molar-refractivity contribution >= 4 is 0 Å². The summed E-state index contributed by atoms with van der Waals surface area (Å²) in [6, 6.07) is 0. The lowest BCUT2D eigenvalue weighted by Gasteiger charge is -2.28. The lowest BCUT2D eigenvalue weighted by Crippen LogP contribution is -2.35. The molecule has 0 amide bonds. The number of hydrogen-bond acceptors (Lipinski definition) is 6. The number of aliphatic hydroxyl groups is 2. The first-order valence-corrected chi connectivity index (χ1v) is 7.98. The quantitative estimate of drug-likeness (QED) is 0.368. The second kappa shape index (κ2) is 26.8. The van der Waals surface area contributed by atoms with E-state index in [0.29, 0.717) is 52.9 Å². The summed E-state index contributed by atoms with van der Waals surface area (Å²) in [5.74, 6) is 0. The van der Waals surface area contributed by atoms with Gasteiger partial charge in [-0.2, -0.15) is 0 Å². The summed E-state index contributed by atoms with van der Waals surface area (Å²) in [5.41, 5.74) is -0.769. The molecule has 0 aliphatic rings. The summed E-state index contributed by atoms with van der Waals surface area (Å²) < 4.78 is 21.8. The fourth-order valence-electron chi connectivity index (χ4n) is 1.72. The highest BCUT2D eigenvalue weighted by Gasteiger charge is 2.25. The maximum Gasteiger partial charge on any atom is 0.0700 e. The summed E-state index contributed by atoms with van der Waals surface area (Å²) >= 11 is 0. The van der Waals surface area contributed by atoms with Crippen LogP contribution in [-0.2, 0) is 18.9 Å². The van der Waals surface area contributed by atoms with Gasteiger partial charge in [-0.25, -0.2) is 0 Å². The van der Waals surface area contributed by atoms with Gasteiger partial charge in [-0.3, -0.25) is 0 Å². The van der Waals surface area contributed by atoms with Crippen LogP contribution in [0.3, 0.4) is 0 Å². The molecule has 0 rings (SSSR count). The van der Waals surface area contributed by atoms with E-state index in [1.54, 1.807) is 0 Å². The van der Waals surface area contributed by atoms with Crippen LogP contribution >= 0.6 is 0 Å². The lowest BCUT2D eigenvalue weighted by atomic mass is 9.94. The lowest BCUT2D eigenvalue weighted by molar-refractivity contribution is -0.0691. The maximum absolute atomic E-state index is 9.40. The smallest absolute Gasteiger partial charge is 0.0700 e. The molecular weight excluding hydrogens is 360 g/mol. The van der Waals surface area contributed by atoms with Gasteiger partial charge in [0.05, 0.1) is 52.9 Å². The van der Waals surface area contributed by atoms with Crippen LogP contribution in [0.2, 0.25) is 0 Å². The van der Waals surface area contributed by atoms with Gasteiger partial charge in [-0.15, -0.1) is 0 Å². The van der Waals surface area contributed by atoms with Crippen LogP contribution in [0.4, 0.5) is 0 Å². The number of rotatable bonds is 15. The van der Waals surface area contributed by atoms with Crippen LogP contribution in [0.25, 0.3) is 0 Å². The van der Waals surface area contributed by atoms with Crippen LogP contribution in [-0.4, -0.2) is 76.3 Å². The molecule has 0 saturated heterocycles. The van der Waals surface area contributed by atoms with E-state index in [0.717, 1.165) is 0 Å². The van der Waals surface area contributed by atoms with E-state index in [2.05, 4.69) is 0 Å². The number of ether oxygens (including phenoxy) is 4. The van der Waals surface area contributed by atoms with Crippen molar-refractivity contribution in [1.82, 2.24) is 0 Å². The third-order valence-corrected chi connectivity index (χ3v) is 3.35. The van der Waals surface area contributed by atoms with Gasteiger partial charge in [0.25, 0.3) is 0 Å². The second-order valence-electron chi connectivity index (χ2n) is 6.32. The number of hydrogen-bond donors (Lipinski definition) is 2. The van der Waals surface area contributed by atoms with Gasteiger partial charge in [0.1, 0.15) is 0 Å². The number of aliphatic hydroxyl groups excluding tert-OH is 2. The van der Waals surface area contributed by atoms with Crippen LogP contribution in [0.1, 0.15) is 72.3 Å². The summed E-state index contributed by atoms with van der Waals surface area (Å²) in [5, 5.41) is 18.8. The van der Waals surface area contributed by atoms with Gasteiger partial charge in [0, 0.05) is 24.0 Å². The molecule has 0 aliphatic carbocycles. The molecule has 0 aromatic heterocycles. The van der Waals surface area contributed by atoms with Gasteiger partial charge in [0.15, 0.2) is 0 Å². The molecule has 0 heterocycles. The summed E-state index contributed by atoms with van der Waals surface area (Å²) in [7, 11) is 0. The molecule has 0 aromatic carbocycles. The van der Waals surface area contributed by atoms with E-state index < -0.39 is 0 Å². The highest BCUT2D eigenvalue weighted by atomic mass is 16.5. The minimum atomic E-state index is -0.384. The molecule has 0 saturated carbocycles. The monoisotopic (exact) mass is 418 g/mol. The van der Waals surface area contributed by atoms with Crippen LogP contribution < -0.4 is 0 Å². The molecule has 0 radical (unpaired) electrons. The first-order valence-electron chi connectivity index (χ1n) is 7.98. The van der Waals surface area contributed by atoms with Crippen molar-refractivity contribution in [3.8, 4) is 0 Å². The predicted octanol–water partition coefficient (Wildman–Crippen LogP) is 4.91. The van der Waals surface area contributed by atoms with Crippen molar-refractivity contribution in [3.05, 3.63) is 0 Å². The Balaban J connectivity index is -0.000000147. The summed E-state index contributed by atoms with van der Waals surface area (Å²) in [6.07, 6.45) is 0. The molecule has 182 valence electrons. The molecule has 0 spiro atoms. The molecule has 0 fully saturated rings. The highest BCUT2D eigenvalue weighted by molar-refractivity contribution is 4.73. The average molecular weight is 419 g/mol. The van der Waals surface area contributed by atoms with Gasteiger partial charge in [-0.05, 0) is 13.8 Å². The summed E-state index contributed by atoms with van der Waals surface area (Å²) in [6.45, 7) is 11.6. The van der Waals surface area contributed by atoms with Crippen molar-refractivity contribution in [2.75, 3.05) is 66.1 Å². The van der Waals surface area contributed by atoms with E-state index >= 15 is 0 Å². The molecule has 2 atom stereocenters. The molecule has 28 heavy (non-hydrogen) atoms. The Hall–Kier alpha value is -0.240. The summed E-state index contributed by atoms with van der Waals surface area (Å²) in [4.78, 5) is 0. The molecule has 2 unspecified atom stereocenters. The zero-order valence-corrected chi connectivity index (χ0v) is 14.6. The van der Waals surface area contributed by atoms with Gasteiger partial charge >= 0.3 is 0 Å². The second-order valence-corrected chi connectivity index (χ2v) is 6.32. The van der Waals surface area contributed by atoms with Crippen molar-refractivity contribution < 1.29 is 29.2 Å². The average Bonchev–Trinajstić information content (AvgIpc) is 2.54. The van der Waals surface area contributed by atoms with Crippen LogP contribution in [0.5, 0.6) is 0 Å². The minimum absolute atomic E-state index is 0. The molecule has 6 heteroatoms. The van der Waals surface area contributed by atoms with Crippen molar-refractivity contribution in [2.45, 2.75) is 72.3 Å². The molecule has 0 aliphatic heterocycles. The van der Waals surface area contributed by atoms with Crippen LogP contribution in [0, 0.1) is 10.8 Å². The first-order chi connectivity index (χ1) is 10.4. The zero-order chi connectivity index (χ0) is 16.9. The third-order valence-electron chi connectivity index (χ3n) is 3.35. The molecule has 0 bridgehead atoms. The first kappa shape index (κ1) is 46.1.